The summed E-state index contributed by atoms with van der Waals surface area (Å²) in [7, 11) is 1.32. The molecular weight excluding hydrogens is 338 g/mol. The highest BCUT2D eigenvalue weighted by Crippen LogP contribution is 2.38. The number of esters is 1. The molecule has 3 aromatic rings. The van der Waals surface area contributed by atoms with Gasteiger partial charge in [0.05, 0.1) is 13.4 Å². The first-order chi connectivity index (χ1) is 12.0. The number of furan rings is 1. The van der Waals surface area contributed by atoms with E-state index in [-0.39, 0.29) is 5.76 Å². The highest BCUT2D eigenvalue weighted by atomic mass is 32.1. The summed E-state index contributed by atoms with van der Waals surface area (Å²) in [5, 5.41) is 5.02. The first kappa shape index (κ1) is 17.0. The summed E-state index contributed by atoms with van der Waals surface area (Å²) < 4.78 is 10.0. The van der Waals surface area contributed by atoms with Crippen molar-refractivity contribution >= 4 is 28.2 Å². The third-order valence-corrected chi connectivity index (χ3v) is 4.73. The Morgan fingerprint density at radius 2 is 1.96 bits per heavy atom. The number of amides is 1. The number of benzene rings is 1. The fourth-order valence-electron chi connectivity index (χ4n) is 2.55. The van der Waals surface area contributed by atoms with Crippen molar-refractivity contribution in [2.45, 2.75) is 13.8 Å². The molecule has 0 radical (unpaired) electrons. The molecule has 0 fully saturated rings. The Kier molecular flexibility index (Phi) is 4.72. The van der Waals surface area contributed by atoms with E-state index >= 15 is 0 Å². The highest BCUT2D eigenvalue weighted by Gasteiger charge is 2.24. The molecule has 1 N–H and O–H groups in total. The minimum Gasteiger partial charge on any atom is -0.465 e. The van der Waals surface area contributed by atoms with Gasteiger partial charge in [0.15, 0.2) is 5.76 Å². The van der Waals surface area contributed by atoms with Crippen molar-refractivity contribution in [2.75, 3.05) is 12.4 Å². The normalized spacial score (nSPS) is 10.5. The Hall–Kier alpha value is -2.86. The number of carbonyl (C=O) groups is 2. The second-order valence-corrected chi connectivity index (χ2v) is 6.47. The monoisotopic (exact) mass is 355 g/mol. The van der Waals surface area contributed by atoms with Crippen molar-refractivity contribution in [1.29, 1.82) is 0 Å². The average Bonchev–Trinajstić information content (AvgIpc) is 3.26. The van der Waals surface area contributed by atoms with Crippen molar-refractivity contribution in [3.63, 3.8) is 0 Å². The molecule has 2 aromatic heterocycles. The van der Waals surface area contributed by atoms with Gasteiger partial charge in [-0.15, -0.1) is 11.3 Å². The van der Waals surface area contributed by atoms with Crippen LogP contribution in [0.5, 0.6) is 0 Å². The van der Waals surface area contributed by atoms with Gasteiger partial charge in [-0.1, -0.05) is 23.8 Å². The number of carbonyl (C=O) groups excluding carboxylic acids is 2. The molecule has 0 spiro atoms. The fraction of sp³-hybridized carbons (Fsp3) is 0.158. The van der Waals surface area contributed by atoms with Crippen molar-refractivity contribution in [2.24, 2.45) is 0 Å². The summed E-state index contributed by atoms with van der Waals surface area (Å²) in [5.74, 6) is -0.728. The predicted octanol–water partition coefficient (Wildman–Crippen LogP) is 4.66. The number of ether oxygens (including phenoxy) is 1. The van der Waals surface area contributed by atoms with Crippen molar-refractivity contribution < 1.29 is 18.7 Å². The Morgan fingerprint density at radius 1 is 1.16 bits per heavy atom. The molecule has 0 unspecified atom stereocenters. The second kappa shape index (κ2) is 6.94. The van der Waals surface area contributed by atoms with Gasteiger partial charge in [0.25, 0.3) is 5.91 Å². The summed E-state index contributed by atoms with van der Waals surface area (Å²) in [6, 6.07) is 9.23. The lowest BCUT2D eigenvalue weighted by molar-refractivity contribution is 0.0603. The van der Waals surface area contributed by atoms with Crippen LogP contribution in [0, 0.1) is 13.8 Å². The third-order valence-electron chi connectivity index (χ3n) is 3.84. The van der Waals surface area contributed by atoms with Crippen molar-refractivity contribution in [3.05, 3.63) is 64.4 Å². The lowest BCUT2D eigenvalue weighted by Crippen LogP contribution is -2.13. The summed E-state index contributed by atoms with van der Waals surface area (Å²) >= 11 is 1.28. The van der Waals surface area contributed by atoms with Crippen LogP contribution in [0.3, 0.4) is 0 Å². The first-order valence-electron chi connectivity index (χ1n) is 7.63. The molecule has 0 aliphatic carbocycles. The molecule has 1 aromatic carbocycles. The van der Waals surface area contributed by atoms with Gasteiger partial charge in [-0.3, -0.25) is 4.79 Å². The van der Waals surface area contributed by atoms with Crippen LogP contribution in [-0.2, 0) is 4.74 Å². The first-order valence-corrected chi connectivity index (χ1v) is 8.51. The average molecular weight is 355 g/mol. The van der Waals surface area contributed by atoms with Gasteiger partial charge in [0, 0.05) is 10.9 Å². The van der Waals surface area contributed by atoms with Gasteiger partial charge in [-0.05, 0) is 37.1 Å². The molecule has 0 saturated heterocycles. The number of aryl methyl sites for hydroxylation is 2. The smallest absolute Gasteiger partial charge is 0.341 e. The topological polar surface area (TPSA) is 68.5 Å². The lowest BCUT2D eigenvalue weighted by atomic mass is 9.97. The van der Waals surface area contributed by atoms with Crippen molar-refractivity contribution in [1.82, 2.24) is 0 Å². The molecule has 6 heteroatoms. The minimum atomic E-state index is -0.494. The van der Waals surface area contributed by atoms with Crippen LogP contribution < -0.4 is 5.32 Å². The second-order valence-electron chi connectivity index (χ2n) is 5.59. The quantitative estimate of drug-likeness (QED) is 0.691. The lowest BCUT2D eigenvalue weighted by Gasteiger charge is -2.10. The van der Waals surface area contributed by atoms with E-state index in [1.54, 1.807) is 12.1 Å². The summed E-state index contributed by atoms with van der Waals surface area (Å²) in [4.78, 5) is 24.6. The van der Waals surface area contributed by atoms with E-state index in [1.165, 1.54) is 24.7 Å². The van der Waals surface area contributed by atoms with E-state index in [0.717, 1.165) is 22.3 Å². The number of methoxy groups -OCH3 is 1. The Bertz CT molecular complexity index is 925. The molecular formula is C19H17NO4S. The molecule has 0 bridgehead atoms. The van der Waals surface area contributed by atoms with Crippen LogP contribution in [0.4, 0.5) is 5.00 Å². The molecule has 0 aliphatic rings. The molecule has 0 atom stereocenters. The van der Waals surface area contributed by atoms with Gasteiger partial charge >= 0.3 is 5.97 Å². The number of thiophene rings is 1. The zero-order valence-corrected chi connectivity index (χ0v) is 14.9. The van der Waals surface area contributed by atoms with E-state index in [1.807, 2.05) is 37.4 Å². The Morgan fingerprint density at radius 3 is 2.64 bits per heavy atom. The largest absolute Gasteiger partial charge is 0.465 e. The Balaban J connectivity index is 2.06. The summed E-state index contributed by atoms with van der Waals surface area (Å²) in [6.45, 7) is 3.97. The maximum atomic E-state index is 12.4. The molecule has 0 saturated carbocycles. The Labute approximate surface area is 149 Å². The van der Waals surface area contributed by atoms with E-state index < -0.39 is 11.9 Å². The number of nitrogens with one attached hydrogen (secondary N) is 1. The standard InChI is InChI=1S/C19H17NO4S/c1-11-6-7-12(2)13(9-11)14-10-25-18(16(14)19(22)23-3)20-17(21)15-5-4-8-24-15/h4-10H,1-3H3,(H,20,21). The maximum absolute atomic E-state index is 12.4. The van der Waals surface area contributed by atoms with Crippen LogP contribution >= 0.6 is 11.3 Å². The van der Waals surface area contributed by atoms with Crippen LogP contribution in [0.2, 0.25) is 0 Å². The molecule has 2 heterocycles. The van der Waals surface area contributed by atoms with E-state index in [2.05, 4.69) is 5.32 Å². The maximum Gasteiger partial charge on any atom is 0.341 e. The van der Waals surface area contributed by atoms with Gasteiger partial charge in [0.2, 0.25) is 0 Å². The molecule has 128 valence electrons. The van der Waals surface area contributed by atoms with Gasteiger partial charge in [-0.2, -0.15) is 0 Å². The third kappa shape index (κ3) is 3.34. The van der Waals surface area contributed by atoms with Crippen LogP contribution in [0.15, 0.2) is 46.4 Å². The molecule has 5 nitrogen and oxygen atoms in total. The SMILES string of the molecule is COC(=O)c1c(-c2cc(C)ccc2C)csc1NC(=O)c1ccco1. The predicted molar refractivity (Wildman–Crippen MR) is 97.2 cm³/mol. The van der Waals surface area contributed by atoms with Crippen LogP contribution in [-0.4, -0.2) is 19.0 Å². The summed E-state index contributed by atoms with van der Waals surface area (Å²) in [6.07, 6.45) is 1.42. The number of anilines is 1. The van der Waals surface area contributed by atoms with Crippen LogP contribution in [0.25, 0.3) is 11.1 Å². The van der Waals surface area contributed by atoms with E-state index in [0.29, 0.717) is 10.6 Å². The van der Waals surface area contributed by atoms with E-state index in [9.17, 15) is 9.59 Å². The highest BCUT2D eigenvalue weighted by molar-refractivity contribution is 7.15. The molecule has 3 rings (SSSR count). The zero-order chi connectivity index (χ0) is 18.0. The molecule has 1 amide bonds. The number of hydrogen-bond acceptors (Lipinski definition) is 5. The van der Waals surface area contributed by atoms with Gasteiger partial charge in [0.1, 0.15) is 10.6 Å². The number of rotatable bonds is 4. The van der Waals surface area contributed by atoms with Gasteiger partial charge in [-0.25, -0.2) is 4.79 Å². The summed E-state index contributed by atoms with van der Waals surface area (Å²) in [5.41, 5.74) is 4.16. The fourth-order valence-corrected chi connectivity index (χ4v) is 3.49. The zero-order valence-electron chi connectivity index (χ0n) is 14.1. The van der Waals surface area contributed by atoms with Crippen molar-refractivity contribution in [3.8, 4) is 11.1 Å². The van der Waals surface area contributed by atoms with Crippen LogP contribution in [0.1, 0.15) is 32.0 Å². The molecule has 0 aliphatic heterocycles. The van der Waals surface area contributed by atoms with E-state index in [4.69, 9.17) is 9.15 Å². The van der Waals surface area contributed by atoms with Gasteiger partial charge < -0.3 is 14.5 Å². The molecule has 25 heavy (non-hydrogen) atoms. The minimum absolute atomic E-state index is 0.178. The number of hydrogen-bond donors (Lipinski definition) is 1.